The molecule has 0 aliphatic carbocycles. The van der Waals surface area contributed by atoms with Crippen molar-refractivity contribution < 1.29 is 9.53 Å². The van der Waals surface area contributed by atoms with Crippen molar-refractivity contribution in [2.45, 2.75) is 25.9 Å². The highest BCUT2D eigenvalue weighted by Crippen LogP contribution is 2.24. The molecule has 0 spiro atoms. The van der Waals surface area contributed by atoms with E-state index in [0.717, 1.165) is 60.8 Å². The van der Waals surface area contributed by atoms with Gasteiger partial charge in [-0.2, -0.15) is 0 Å². The maximum absolute atomic E-state index is 12.9. The molecule has 7 heteroatoms. The first kappa shape index (κ1) is 22.1. The van der Waals surface area contributed by atoms with Crippen molar-refractivity contribution in [1.29, 1.82) is 0 Å². The van der Waals surface area contributed by atoms with Crippen LogP contribution in [-0.2, 0) is 17.9 Å². The molecule has 5 rings (SSSR count). The number of carbonyl (C=O) groups excluding carboxylic acids is 1. The fourth-order valence-electron chi connectivity index (χ4n) is 4.63. The predicted molar refractivity (Wildman–Crippen MR) is 133 cm³/mol. The van der Waals surface area contributed by atoms with E-state index in [1.54, 1.807) is 19.5 Å². The molecular formula is C27H29N5O2. The number of anilines is 1. The Balaban J connectivity index is 1.33. The summed E-state index contributed by atoms with van der Waals surface area (Å²) in [4.78, 5) is 24.3. The van der Waals surface area contributed by atoms with E-state index in [-0.39, 0.29) is 11.8 Å². The van der Waals surface area contributed by atoms with Gasteiger partial charge in [0.25, 0.3) is 0 Å². The van der Waals surface area contributed by atoms with Crippen molar-refractivity contribution in [2.75, 3.05) is 25.5 Å². The van der Waals surface area contributed by atoms with Gasteiger partial charge < -0.3 is 14.6 Å². The number of piperidine rings is 1. The van der Waals surface area contributed by atoms with Crippen LogP contribution >= 0.6 is 0 Å². The van der Waals surface area contributed by atoms with Crippen molar-refractivity contribution in [3.05, 3.63) is 84.4 Å². The molecule has 1 aliphatic rings. The first-order valence-electron chi connectivity index (χ1n) is 11.7. The average molecular weight is 456 g/mol. The molecule has 2 aromatic heterocycles. The number of fused-ring (bicyclic) bond motifs is 1. The summed E-state index contributed by atoms with van der Waals surface area (Å²) in [6.45, 7) is 3.13. The number of para-hydroxylation sites is 2. The summed E-state index contributed by atoms with van der Waals surface area (Å²) in [5.74, 6) is 1.88. The minimum Gasteiger partial charge on any atom is -0.497 e. The van der Waals surface area contributed by atoms with Crippen molar-refractivity contribution >= 4 is 22.6 Å². The molecule has 0 unspecified atom stereocenters. The maximum Gasteiger partial charge on any atom is 0.228 e. The molecule has 1 amide bonds. The Kier molecular flexibility index (Phi) is 6.53. The minimum absolute atomic E-state index is 0.0478. The van der Waals surface area contributed by atoms with Crippen LogP contribution in [0, 0.1) is 5.92 Å². The van der Waals surface area contributed by atoms with Crippen LogP contribution in [0.25, 0.3) is 11.0 Å². The van der Waals surface area contributed by atoms with Crippen LogP contribution < -0.4 is 10.1 Å². The number of methoxy groups -OCH3 is 1. The van der Waals surface area contributed by atoms with E-state index in [0.29, 0.717) is 6.54 Å². The van der Waals surface area contributed by atoms with E-state index >= 15 is 0 Å². The number of benzene rings is 2. The Hall–Kier alpha value is -3.71. The third kappa shape index (κ3) is 4.94. The van der Waals surface area contributed by atoms with E-state index in [9.17, 15) is 4.79 Å². The van der Waals surface area contributed by atoms with Crippen LogP contribution in [0.4, 0.5) is 5.69 Å². The Morgan fingerprint density at radius 3 is 2.74 bits per heavy atom. The molecule has 174 valence electrons. The molecule has 3 heterocycles. The Labute approximate surface area is 199 Å². The number of carbonyl (C=O) groups is 1. The average Bonchev–Trinajstić information content (AvgIpc) is 3.22. The lowest BCUT2D eigenvalue weighted by molar-refractivity contribution is -0.121. The fourth-order valence-corrected chi connectivity index (χ4v) is 4.63. The smallest absolute Gasteiger partial charge is 0.228 e. The molecule has 0 saturated carbocycles. The van der Waals surface area contributed by atoms with E-state index in [4.69, 9.17) is 9.72 Å². The van der Waals surface area contributed by atoms with E-state index in [2.05, 4.69) is 50.1 Å². The first-order valence-corrected chi connectivity index (χ1v) is 11.7. The minimum atomic E-state index is -0.0478. The second kappa shape index (κ2) is 10.1. The van der Waals surface area contributed by atoms with Gasteiger partial charge in [0.15, 0.2) is 0 Å². The standard InChI is InChI=1S/C27H29N5O2/c1-34-23-12-10-20(11-13-23)17-32-25-9-3-2-8-24(25)30-26(32)19-31-15-5-6-21(18-31)27(33)29-22-7-4-14-28-16-22/h2-4,7-14,16,21H,5-6,15,17-19H2,1H3,(H,29,33)/t21-/m0/s1. The molecule has 1 atom stereocenters. The summed E-state index contributed by atoms with van der Waals surface area (Å²) in [5, 5.41) is 3.01. The van der Waals surface area contributed by atoms with Gasteiger partial charge in [0.05, 0.1) is 42.5 Å². The van der Waals surface area contributed by atoms with Crippen LogP contribution in [0.2, 0.25) is 0 Å². The number of ether oxygens (including phenoxy) is 1. The Morgan fingerprint density at radius 1 is 1.09 bits per heavy atom. The zero-order valence-electron chi connectivity index (χ0n) is 19.4. The first-order chi connectivity index (χ1) is 16.7. The molecule has 1 N–H and O–H groups in total. The number of hydrogen-bond donors (Lipinski definition) is 1. The van der Waals surface area contributed by atoms with Crippen LogP contribution in [0.15, 0.2) is 73.1 Å². The van der Waals surface area contributed by atoms with Gasteiger partial charge in [0, 0.05) is 19.3 Å². The molecule has 34 heavy (non-hydrogen) atoms. The van der Waals surface area contributed by atoms with E-state index in [1.165, 1.54) is 5.56 Å². The van der Waals surface area contributed by atoms with Crippen LogP contribution in [0.1, 0.15) is 24.2 Å². The molecule has 0 bridgehead atoms. The lowest BCUT2D eigenvalue weighted by Gasteiger charge is -2.31. The zero-order valence-corrected chi connectivity index (χ0v) is 19.4. The third-order valence-corrected chi connectivity index (χ3v) is 6.40. The highest BCUT2D eigenvalue weighted by molar-refractivity contribution is 5.92. The fraction of sp³-hybridized carbons (Fsp3) is 0.296. The van der Waals surface area contributed by atoms with Gasteiger partial charge >= 0.3 is 0 Å². The zero-order chi connectivity index (χ0) is 23.3. The number of hydrogen-bond acceptors (Lipinski definition) is 5. The van der Waals surface area contributed by atoms with Crippen molar-refractivity contribution in [3.63, 3.8) is 0 Å². The summed E-state index contributed by atoms with van der Waals surface area (Å²) in [6, 6.07) is 20.1. The van der Waals surface area contributed by atoms with Gasteiger partial charge in [-0.05, 0) is 61.3 Å². The van der Waals surface area contributed by atoms with Crippen molar-refractivity contribution in [3.8, 4) is 5.75 Å². The molecular weight excluding hydrogens is 426 g/mol. The number of nitrogens with one attached hydrogen (secondary N) is 1. The predicted octanol–water partition coefficient (Wildman–Crippen LogP) is 4.34. The number of amides is 1. The monoisotopic (exact) mass is 455 g/mol. The van der Waals surface area contributed by atoms with Gasteiger partial charge in [-0.15, -0.1) is 0 Å². The topological polar surface area (TPSA) is 72.3 Å². The molecule has 7 nitrogen and oxygen atoms in total. The second-order valence-corrected chi connectivity index (χ2v) is 8.76. The third-order valence-electron chi connectivity index (χ3n) is 6.40. The summed E-state index contributed by atoms with van der Waals surface area (Å²) in [5.41, 5.74) is 4.05. The highest BCUT2D eigenvalue weighted by Gasteiger charge is 2.27. The normalized spacial score (nSPS) is 16.4. The molecule has 1 fully saturated rings. The van der Waals surface area contributed by atoms with Gasteiger partial charge in [0.2, 0.25) is 5.91 Å². The number of pyridine rings is 1. The Bertz CT molecular complexity index is 1250. The SMILES string of the molecule is COc1ccc(Cn2c(CN3CCC[C@H](C(=O)Nc4cccnc4)C3)nc3ccccc32)cc1. The van der Waals surface area contributed by atoms with Crippen LogP contribution in [0.3, 0.4) is 0 Å². The highest BCUT2D eigenvalue weighted by atomic mass is 16.5. The van der Waals surface area contributed by atoms with E-state index in [1.807, 2.05) is 30.3 Å². The molecule has 0 radical (unpaired) electrons. The van der Waals surface area contributed by atoms with Crippen molar-refractivity contribution in [1.82, 2.24) is 19.4 Å². The second-order valence-electron chi connectivity index (χ2n) is 8.76. The quantitative estimate of drug-likeness (QED) is 0.449. The lowest BCUT2D eigenvalue weighted by atomic mass is 9.97. The molecule has 4 aromatic rings. The Morgan fingerprint density at radius 2 is 1.94 bits per heavy atom. The summed E-state index contributed by atoms with van der Waals surface area (Å²) in [6.07, 6.45) is 5.27. The lowest BCUT2D eigenvalue weighted by Crippen LogP contribution is -2.40. The van der Waals surface area contributed by atoms with Gasteiger partial charge in [-0.1, -0.05) is 24.3 Å². The summed E-state index contributed by atoms with van der Waals surface area (Å²) >= 11 is 0. The summed E-state index contributed by atoms with van der Waals surface area (Å²) in [7, 11) is 1.68. The van der Waals surface area contributed by atoms with E-state index < -0.39 is 0 Å². The number of nitrogens with zero attached hydrogens (tertiary/aromatic N) is 4. The van der Waals surface area contributed by atoms with Crippen molar-refractivity contribution in [2.24, 2.45) is 5.92 Å². The van der Waals surface area contributed by atoms with Crippen LogP contribution in [-0.4, -0.2) is 45.5 Å². The summed E-state index contributed by atoms with van der Waals surface area (Å²) < 4.78 is 7.59. The largest absolute Gasteiger partial charge is 0.497 e. The molecule has 1 aliphatic heterocycles. The number of rotatable bonds is 7. The number of imidazole rings is 1. The van der Waals surface area contributed by atoms with Gasteiger partial charge in [0.1, 0.15) is 11.6 Å². The number of likely N-dealkylation sites (tertiary alicyclic amines) is 1. The number of aromatic nitrogens is 3. The molecule has 2 aromatic carbocycles. The van der Waals surface area contributed by atoms with Gasteiger partial charge in [-0.25, -0.2) is 4.98 Å². The van der Waals surface area contributed by atoms with Crippen LogP contribution in [0.5, 0.6) is 5.75 Å². The van der Waals surface area contributed by atoms with Gasteiger partial charge in [-0.3, -0.25) is 14.7 Å². The molecule has 1 saturated heterocycles. The maximum atomic E-state index is 12.9.